The van der Waals surface area contributed by atoms with Crippen molar-refractivity contribution in [3.63, 3.8) is 0 Å². The third kappa shape index (κ3) is 4.82. The van der Waals surface area contributed by atoms with E-state index in [1.54, 1.807) is 14.0 Å². The van der Waals surface area contributed by atoms with Crippen molar-refractivity contribution < 1.29 is 19.2 Å². The van der Waals surface area contributed by atoms with E-state index in [1.807, 2.05) is 42.5 Å². The number of likely N-dealkylation sites (tertiary alicyclic amines) is 1. The number of amides is 2. The van der Waals surface area contributed by atoms with E-state index in [4.69, 9.17) is 4.52 Å². The van der Waals surface area contributed by atoms with Gasteiger partial charge in [-0.1, -0.05) is 35.5 Å². The zero-order chi connectivity index (χ0) is 24.5. The number of nitrogens with zero attached hydrogens (tertiary/aromatic N) is 3. The number of anilines is 1. The highest BCUT2D eigenvalue weighted by Gasteiger charge is 2.35. The van der Waals surface area contributed by atoms with Crippen molar-refractivity contribution in [2.45, 2.75) is 37.7 Å². The zero-order valence-electron chi connectivity index (χ0n) is 19.8. The predicted molar refractivity (Wildman–Crippen MR) is 130 cm³/mol. The highest BCUT2D eigenvalue weighted by molar-refractivity contribution is 5.99. The SMILES string of the molecule is CNC(=O)C(c1ccc2c(c1)NC(=O)C2)[C@H](CN1CC[C@H](O)C1)c1cccc(-c2noc(C)n2)c1. The molecule has 0 radical (unpaired) electrons. The van der Waals surface area contributed by atoms with E-state index in [9.17, 15) is 14.7 Å². The number of β-amino-alcohol motifs (C(OH)–C–C–N with tert-alkyl or cyclic N) is 1. The number of rotatable bonds is 7. The molecule has 9 nitrogen and oxygen atoms in total. The van der Waals surface area contributed by atoms with Crippen LogP contribution >= 0.6 is 0 Å². The minimum absolute atomic E-state index is 0.0423. The van der Waals surface area contributed by atoms with Crippen LogP contribution in [0.1, 0.15) is 40.8 Å². The van der Waals surface area contributed by atoms with Crippen LogP contribution in [0.5, 0.6) is 0 Å². The molecule has 3 aromatic rings. The molecule has 0 bridgehead atoms. The first-order valence-corrected chi connectivity index (χ1v) is 11.9. The smallest absolute Gasteiger partial charge is 0.228 e. The van der Waals surface area contributed by atoms with Crippen LogP contribution in [0.25, 0.3) is 11.4 Å². The standard InChI is InChI=1S/C26H29N5O4/c1-15-28-25(30-35-15)19-5-3-4-16(10-19)21(14-31-9-8-20(32)13-31)24(26(34)27-2)18-7-6-17-12-23(33)29-22(17)11-18/h3-7,10-11,20-21,24,32H,8-9,12-14H2,1-2H3,(H,27,34)(H,29,33)/t20-,21+,24?/m0/s1. The summed E-state index contributed by atoms with van der Waals surface area (Å²) in [6.07, 6.45) is 0.698. The van der Waals surface area contributed by atoms with E-state index in [0.29, 0.717) is 37.6 Å². The van der Waals surface area contributed by atoms with Crippen molar-refractivity contribution in [2.24, 2.45) is 0 Å². The third-order valence-electron chi connectivity index (χ3n) is 6.85. The summed E-state index contributed by atoms with van der Waals surface area (Å²) in [6.45, 7) is 3.67. The average molecular weight is 476 g/mol. The Morgan fingerprint density at radius 1 is 1.29 bits per heavy atom. The summed E-state index contributed by atoms with van der Waals surface area (Å²) in [5, 5.41) is 19.9. The Morgan fingerprint density at radius 3 is 2.86 bits per heavy atom. The molecule has 3 N–H and O–H groups in total. The topological polar surface area (TPSA) is 121 Å². The molecule has 0 spiro atoms. The van der Waals surface area contributed by atoms with E-state index >= 15 is 0 Å². The molecule has 5 rings (SSSR count). The van der Waals surface area contributed by atoms with Gasteiger partial charge in [-0.15, -0.1) is 0 Å². The molecule has 2 aliphatic rings. The molecule has 3 atom stereocenters. The second-order valence-electron chi connectivity index (χ2n) is 9.30. The number of hydrogen-bond acceptors (Lipinski definition) is 7. The van der Waals surface area contributed by atoms with Crippen molar-refractivity contribution in [3.8, 4) is 11.4 Å². The summed E-state index contributed by atoms with van der Waals surface area (Å²) < 4.78 is 5.17. The lowest BCUT2D eigenvalue weighted by Crippen LogP contribution is -2.36. The van der Waals surface area contributed by atoms with Gasteiger partial charge in [0.25, 0.3) is 0 Å². The van der Waals surface area contributed by atoms with Gasteiger partial charge in [0.1, 0.15) is 0 Å². The molecule has 2 aliphatic heterocycles. The van der Waals surface area contributed by atoms with E-state index in [0.717, 1.165) is 34.5 Å². The molecule has 1 fully saturated rings. The van der Waals surface area contributed by atoms with Crippen molar-refractivity contribution in [2.75, 3.05) is 32.0 Å². The first-order chi connectivity index (χ1) is 16.9. The number of hydrogen-bond donors (Lipinski definition) is 3. The lowest BCUT2D eigenvalue weighted by Gasteiger charge is -2.31. The van der Waals surface area contributed by atoms with E-state index < -0.39 is 5.92 Å². The Balaban J connectivity index is 1.57. The minimum Gasteiger partial charge on any atom is -0.392 e. The number of carbonyl (C=O) groups excluding carboxylic acids is 2. The maximum Gasteiger partial charge on any atom is 0.228 e. The fourth-order valence-electron chi connectivity index (χ4n) is 5.13. The van der Waals surface area contributed by atoms with Gasteiger partial charge < -0.3 is 25.2 Å². The fraction of sp³-hybridized carbons (Fsp3) is 0.385. The maximum atomic E-state index is 13.4. The predicted octanol–water partition coefficient (Wildman–Crippen LogP) is 2.22. The van der Waals surface area contributed by atoms with Gasteiger partial charge in [-0.3, -0.25) is 9.59 Å². The second kappa shape index (κ2) is 9.59. The molecule has 3 heterocycles. The maximum absolute atomic E-state index is 13.4. The van der Waals surface area contributed by atoms with Crippen LogP contribution < -0.4 is 10.6 Å². The summed E-state index contributed by atoms with van der Waals surface area (Å²) >= 11 is 0. The number of benzene rings is 2. The average Bonchev–Trinajstić information content (AvgIpc) is 3.57. The van der Waals surface area contributed by atoms with Crippen LogP contribution in [-0.4, -0.2) is 64.7 Å². The molecule has 0 aliphatic carbocycles. The van der Waals surface area contributed by atoms with Gasteiger partial charge in [-0.05, 0) is 35.2 Å². The number of likely N-dealkylation sites (N-methyl/N-ethyl adjacent to an activating group) is 1. The molecule has 2 amide bonds. The van der Waals surface area contributed by atoms with Gasteiger partial charge in [0.15, 0.2) is 0 Å². The van der Waals surface area contributed by atoms with Crippen molar-refractivity contribution in [3.05, 3.63) is 65.0 Å². The molecular weight excluding hydrogens is 446 g/mol. The number of fused-ring (bicyclic) bond motifs is 1. The van der Waals surface area contributed by atoms with Gasteiger partial charge in [0.2, 0.25) is 23.5 Å². The van der Waals surface area contributed by atoms with Crippen LogP contribution in [0.15, 0.2) is 47.0 Å². The van der Waals surface area contributed by atoms with Crippen molar-refractivity contribution >= 4 is 17.5 Å². The Hall–Kier alpha value is -3.56. The Kier molecular flexibility index (Phi) is 6.36. The molecular formula is C26H29N5O4. The van der Waals surface area contributed by atoms with Gasteiger partial charge in [0.05, 0.1) is 18.4 Å². The first kappa shape index (κ1) is 23.2. The quantitative estimate of drug-likeness (QED) is 0.479. The zero-order valence-corrected chi connectivity index (χ0v) is 19.8. The van der Waals surface area contributed by atoms with E-state index in [2.05, 4.69) is 25.7 Å². The highest BCUT2D eigenvalue weighted by Crippen LogP contribution is 2.38. The van der Waals surface area contributed by atoms with Gasteiger partial charge >= 0.3 is 0 Å². The first-order valence-electron chi connectivity index (χ1n) is 11.9. The molecule has 182 valence electrons. The highest BCUT2D eigenvalue weighted by atomic mass is 16.5. The van der Waals surface area contributed by atoms with Gasteiger partial charge in [0, 0.05) is 50.8 Å². The molecule has 2 aromatic carbocycles. The molecule has 1 unspecified atom stereocenters. The fourth-order valence-corrected chi connectivity index (χ4v) is 5.13. The number of carbonyl (C=O) groups is 2. The number of aromatic nitrogens is 2. The van der Waals surface area contributed by atoms with Crippen LogP contribution in [0.2, 0.25) is 0 Å². The summed E-state index contributed by atoms with van der Waals surface area (Å²) in [5.41, 5.74) is 4.29. The van der Waals surface area contributed by atoms with Crippen molar-refractivity contribution in [1.29, 1.82) is 0 Å². The monoisotopic (exact) mass is 475 g/mol. The molecule has 35 heavy (non-hydrogen) atoms. The van der Waals surface area contributed by atoms with E-state index in [-0.39, 0.29) is 23.8 Å². The number of aliphatic hydroxyl groups excluding tert-OH is 1. The Morgan fingerprint density at radius 2 is 2.14 bits per heavy atom. The molecule has 1 aromatic heterocycles. The van der Waals surface area contributed by atoms with Crippen molar-refractivity contribution in [1.82, 2.24) is 20.4 Å². The third-order valence-corrected chi connectivity index (χ3v) is 6.85. The lowest BCUT2D eigenvalue weighted by atomic mass is 9.79. The van der Waals surface area contributed by atoms with Crippen LogP contribution in [0, 0.1) is 6.92 Å². The molecule has 0 saturated carbocycles. The van der Waals surface area contributed by atoms with Gasteiger partial charge in [-0.25, -0.2) is 0 Å². The van der Waals surface area contributed by atoms with Gasteiger partial charge in [-0.2, -0.15) is 4.98 Å². The lowest BCUT2D eigenvalue weighted by molar-refractivity contribution is -0.122. The Labute approximate surface area is 203 Å². The van der Waals surface area contributed by atoms with E-state index in [1.165, 1.54) is 0 Å². The Bertz CT molecular complexity index is 1260. The van der Waals surface area contributed by atoms with Crippen LogP contribution in [0.4, 0.5) is 5.69 Å². The summed E-state index contributed by atoms with van der Waals surface area (Å²) in [7, 11) is 1.64. The van der Waals surface area contributed by atoms with Crippen LogP contribution in [-0.2, 0) is 16.0 Å². The number of aryl methyl sites for hydroxylation is 1. The minimum atomic E-state index is -0.511. The number of aliphatic hydroxyl groups is 1. The largest absolute Gasteiger partial charge is 0.392 e. The van der Waals surface area contributed by atoms with Crippen LogP contribution in [0.3, 0.4) is 0 Å². The summed E-state index contributed by atoms with van der Waals surface area (Å²) in [4.78, 5) is 31.9. The number of nitrogens with one attached hydrogen (secondary N) is 2. The molecule has 9 heteroatoms. The summed E-state index contributed by atoms with van der Waals surface area (Å²) in [5.74, 6) is 0.0956. The normalized spacial score (nSPS) is 19.3. The second-order valence-corrected chi connectivity index (χ2v) is 9.30. The summed E-state index contributed by atoms with van der Waals surface area (Å²) in [6, 6.07) is 13.7. The molecule has 1 saturated heterocycles.